The number of hydrogen-bond acceptors (Lipinski definition) is 2. The van der Waals surface area contributed by atoms with Gasteiger partial charge in [-0.25, -0.2) is 0 Å². The second-order valence-corrected chi connectivity index (χ2v) is 7.27. The van der Waals surface area contributed by atoms with E-state index in [1.54, 1.807) is 0 Å². The Bertz CT molecular complexity index is 567. The molecule has 0 unspecified atom stereocenters. The predicted molar refractivity (Wildman–Crippen MR) is 85.7 cm³/mol. The van der Waals surface area contributed by atoms with E-state index in [-0.39, 0.29) is 13.6 Å². The molecule has 0 amide bonds. The molecule has 2 rings (SSSR count). The highest BCUT2D eigenvalue weighted by atomic mass is 32.1. The third-order valence-corrected chi connectivity index (χ3v) is 6.42. The molecular weight excluding hydrogens is 271 g/mol. The van der Waals surface area contributed by atoms with Gasteiger partial charge < -0.3 is 0 Å². The monoisotopic (exact) mass is 292 g/mol. The van der Waals surface area contributed by atoms with E-state index in [0.29, 0.717) is 0 Å². The van der Waals surface area contributed by atoms with Crippen LogP contribution in [0.15, 0.2) is 24.3 Å². The molecule has 1 aromatic carbocycles. The van der Waals surface area contributed by atoms with Gasteiger partial charge in [0.2, 0.25) is 0 Å². The summed E-state index contributed by atoms with van der Waals surface area (Å²) >= 11 is 1.83. The van der Waals surface area contributed by atoms with Crippen LogP contribution in [0.25, 0.3) is 10.1 Å². The third kappa shape index (κ3) is 2.61. The molecule has 0 N–H and O–H groups in total. The second kappa shape index (κ2) is 6.15. The minimum atomic E-state index is -0.169. The van der Waals surface area contributed by atoms with Gasteiger partial charge in [-0.2, -0.15) is 0 Å². The Hall–Kier alpha value is -0.720. The van der Waals surface area contributed by atoms with Gasteiger partial charge in [-0.1, -0.05) is 44.9 Å². The van der Waals surface area contributed by atoms with E-state index in [1.807, 2.05) is 11.3 Å². The largest absolute Gasteiger partial charge is 0.274 e. The van der Waals surface area contributed by atoms with Gasteiger partial charge in [0.05, 0.1) is 5.16 Å². The first kappa shape index (κ1) is 14.7. The van der Waals surface area contributed by atoms with Gasteiger partial charge in [0.25, 0.3) is 0 Å². The van der Waals surface area contributed by atoms with Crippen molar-refractivity contribution >= 4 is 29.9 Å². The maximum absolute atomic E-state index is 11.9. The molecule has 1 heterocycles. The molecule has 3 heteroatoms. The lowest BCUT2D eigenvalue weighted by atomic mass is 9.92. The van der Waals surface area contributed by atoms with Crippen molar-refractivity contribution in [1.29, 1.82) is 0 Å². The van der Waals surface area contributed by atoms with E-state index in [2.05, 4.69) is 45.0 Å². The lowest BCUT2D eigenvalue weighted by molar-refractivity contribution is 0.483. The Morgan fingerprint density at radius 2 is 1.79 bits per heavy atom. The normalized spacial score (nSPS) is 12.4. The second-order valence-electron chi connectivity index (χ2n) is 5.18. The first-order valence-electron chi connectivity index (χ1n) is 7.01. The van der Waals surface area contributed by atoms with Gasteiger partial charge in [-0.3, -0.25) is 4.57 Å². The van der Waals surface area contributed by atoms with Crippen LogP contribution in [0.1, 0.15) is 50.0 Å². The van der Waals surface area contributed by atoms with Crippen molar-refractivity contribution in [3.05, 3.63) is 34.7 Å². The number of hydrogen-bond donors (Lipinski definition) is 0. The van der Waals surface area contributed by atoms with E-state index in [0.717, 1.165) is 25.7 Å². The van der Waals surface area contributed by atoms with Crippen LogP contribution in [0.4, 0.5) is 0 Å². The van der Waals surface area contributed by atoms with E-state index in [4.69, 9.17) is 0 Å². The van der Waals surface area contributed by atoms with Crippen molar-refractivity contribution in [1.82, 2.24) is 0 Å². The minimum Gasteiger partial charge on any atom is -0.274 e. The molecule has 0 bridgehead atoms. The molecule has 0 fully saturated rings. The van der Waals surface area contributed by atoms with Gasteiger partial charge in [-0.15, -0.1) is 11.3 Å². The lowest BCUT2D eigenvalue weighted by Gasteiger charge is -2.26. The maximum atomic E-state index is 11.9. The molecule has 0 radical (unpaired) electrons. The summed E-state index contributed by atoms with van der Waals surface area (Å²) in [7, 11) is 0.281. The highest BCUT2D eigenvalue weighted by Crippen LogP contribution is 2.49. The predicted octanol–water partition coefficient (Wildman–Crippen LogP) is 6.30. The van der Waals surface area contributed by atoms with Gasteiger partial charge in [0, 0.05) is 9.58 Å². The maximum Gasteiger partial charge on any atom is 0.167 e. The average Bonchev–Trinajstić information content (AvgIpc) is 2.77. The molecule has 0 aliphatic carbocycles. The summed E-state index contributed by atoms with van der Waals surface area (Å²) in [6.07, 6.45) is 4.14. The molecule has 1 nitrogen and oxygen atoms in total. The van der Waals surface area contributed by atoms with E-state index in [1.165, 1.54) is 20.5 Å². The van der Waals surface area contributed by atoms with Crippen molar-refractivity contribution < 1.29 is 4.57 Å². The zero-order chi connectivity index (χ0) is 13.9. The number of benzene rings is 1. The van der Waals surface area contributed by atoms with Crippen LogP contribution in [0.2, 0.25) is 0 Å². The fraction of sp³-hybridized carbons (Fsp3) is 0.500. The zero-order valence-corrected chi connectivity index (χ0v) is 13.6. The fourth-order valence-corrected chi connectivity index (χ4v) is 5.41. The molecule has 2 aromatic rings. The molecule has 19 heavy (non-hydrogen) atoms. The molecule has 0 aliphatic heterocycles. The minimum absolute atomic E-state index is 0.169. The molecule has 0 saturated carbocycles. The summed E-state index contributed by atoms with van der Waals surface area (Å²) in [6.45, 7) is 6.54. The van der Waals surface area contributed by atoms with Crippen molar-refractivity contribution in [2.75, 3.05) is 0 Å². The Balaban J connectivity index is 2.61. The number of aryl methyl sites for hydroxylation is 1. The van der Waals surface area contributed by atoms with Crippen molar-refractivity contribution in [2.24, 2.45) is 0 Å². The van der Waals surface area contributed by atoms with E-state index >= 15 is 0 Å². The van der Waals surface area contributed by atoms with Crippen molar-refractivity contribution in [3.8, 4) is 0 Å². The van der Waals surface area contributed by atoms with Crippen LogP contribution in [0, 0.1) is 6.92 Å². The standard InChI is InChI=1S/C16H21OPS/c1-4-10-16(18-17,11-5-2)15-12(3)13-8-6-7-9-14(13)19-15/h6-9H,4-5,10-11H2,1-3H3. The van der Waals surface area contributed by atoms with Crippen LogP contribution in [-0.4, -0.2) is 0 Å². The first-order valence-corrected chi connectivity index (χ1v) is 8.64. The van der Waals surface area contributed by atoms with Crippen LogP contribution in [0.3, 0.4) is 0 Å². The summed E-state index contributed by atoms with van der Waals surface area (Å²) in [4.78, 5) is 1.33. The summed E-state index contributed by atoms with van der Waals surface area (Å²) in [5.41, 5.74) is 1.32. The smallest absolute Gasteiger partial charge is 0.167 e. The summed E-state index contributed by atoms with van der Waals surface area (Å²) < 4.78 is 13.3. The zero-order valence-electron chi connectivity index (χ0n) is 11.9. The molecule has 102 valence electrons. The molecule has 0 spiro atoms. The molecule has 1 aromatic heterocycles. The summed E-state index contributed by atoms with van der Waals surface area (Å²) in [5.74, 6) is 0. The molecule has 0 saturated heterocycles. The van der Waals surface area contributed by atoms with Crippen molar-refractivity contribution in [3.63, 3.8) is 0 Å². The Kier molecular flexibility index (Phi) is 4.76. The molecule has 0 atom stereocenters. The van der Waals surface area contributed by atoms with E-state index < -0.39 is 0 Å². The number of fused-ring (bicyclic) bond motifs is 1. The summed E-state index contributed by atoms with van der Waals surface area (Å²) in [6, 6.07) is 8.51. The highest BCUT2D eigenvalue weighted by molar-refractivity contribution is 7.28. The van der Waals surface area contributed by atoms with Crippen LogP contribution in [-0.2, 0) is 9.72 Å². The van der Waals surface area contributed by atoms with Crippen LogP contribution < -0.4 is 0 Å². The molecule has 0 aliphatic rings. The van der Waals surface area contributed by atoms with E-state index in [9.17, 15) is 4.57 Å². The van der Waals surface area contributed by atoms with Crippen molar-refractivity contribution in [2.45, 2.75) is 51.6 Å². The first-order chi connectivity index (χ1) is 9.18. The van der Waals surface area contributed by atoms with Crippen LogP contribution >= 0.6 is 19.8 Å². The lowest BCUT2D eigenvalue weighted by Crippen LogP contribution is -2.18. The number of rotatable bonds is 6. The Morgan fingerprint density at radius 1 is 1.16 bits per heavy atom. The number of thiophene rings is 1. The van der Waals surface area contributed by atoms with Gasteiger partial charge >= 0.3 is 0 Å². The Morgan fingerprint density at radius 3 is 2.32 bits per heavy atom. The van der Waals surface area contributed by atoms with Gasteiger partial charge in [0.15, 0.2) is 8.46 Å². The van der Waals surface area contributed by atoms with Crippen LogP contribution in [0.5, 0.6) is 0 Å². The summed E-state index contributed by atoms with van der Waals surface area (Å²) in [5, 5.41) is 1.15. The van der Waals surface area contributed by atoms with Gasteiger partial charge in [0.1, 0.15) is 0 Å². The fourth-order valence-electron chi connectivity index (χ4n) is 2.93. The third-order valence-electron chi connectivity index (χ3n) is 3.77. The van der Waals surface area contributed by atoms with Gasteiger partial charge in [-0.05, 0) is 36.8 Å². The SMILES string of the molecule is CCCC(CCC)(P=O)c1sc2ccccc2c1C. The topological polar surface area (TPSA) is 17.1 Å². The molecular formula is C16H21OPS. The average molecular weight is 292 g/mol. The highest BCUT2D eigenvalue weighted by Gasteiger charge is 2.35. The quantitative estimate of drug-likeness (QED) is 0.571. The Labute approximate surface area is 121 Å².